The number of aryl methyl sites for hydroxylation is 1. The van der Waals surface area contributed by atoms with E-state index in [0.717, 1.165) is 63.0 Å². The first kappa shape index (κ1) is 26.9. The van der Waals surface area contributed by atoms with Gasteiger partial charge < -0.3 is 19.6 Å². The summed E-state index contributed by atoms with van der Waals surface area (Å²) in [5.74, 6) is 0.479. The smallest absolute Gasteiger partial charge is 0.407 e. The fourth-order valence-electron chi connectivity index (χ4n) is 5.51. The second kappa shape index (κ2) is 11.9. The van der Waals surface area contributed by atoms with Crippen molar-refractivity contribution in [2.45, 2.75) is 64.6 Å². The third-order valence-corrected chi connectivity index (χ3v) is 7.86. The summed E-state index contributed by atoms with van der Waals surface area (Å²) < 4.78 is 19.1. The molecule has 200 valence electrons. The summed E-state index contributed by atoms with van der Waals surface area (Å²) in [5.41, 5.74) is 3.21. The van der Waals surface area contributed by atoms with E-state index in [1.165, 1.54) is 17.7 Å². The molecule has 1 atom stereocenters. The van der Waals surface area contributed by atoms with Crippen LogP contribution in [0.3, 0.4) is 0 Å². The second-order valence-electron chi connectivity index (χ2n) is 10.3. The van der Waals surface area contributed by atoms with Crippen LogP contribution in [0, 0.1) is 18.7 Å². The Bertz CT molecular complexity index is 1090. The van der Waals surface area contributed by atoms with Crippen molar-refractivity contribution in [3.8, 4) is 5.75 Å². The second-order valence-corrected chi connectivity index (χ2v) is 10.3. The number of carbonyl (C=O) groups is 2. The molecule has 0 spiro atoms. The van der Waals surface area contributed by atoms with Crippen molar-refractivity contribution in [3.05, 3.63) is 59.4 Å². The number of carboxylic acid groups (broad SMARTS) is 1. The summed E-state index contributed by atoms with van der Waals surface area (Å²) in [6, 6.07) is 12.3. The number of ether oxygens (including phenoxy) is 1. The maximum absolute atomic E-state index is 13.3. The van der Waals surface area contributed by atoms with Gasteiger partial charge in [0.15, 0.2) is 0 Å². The van der Waals surface area contributed by atoms with Crippen molar-refractivity contribution in [1.82, 2.24) is 9.80 Å². The Morgan fingerprint density at radius 2 is 1.78 bits per heavy atom. The number of hydrogen-bond acceptors (Lipinski definition) is 4. The average Bonchev–Trinajstić information content (AvgIpc) is 2.90. The van der Waals surface area contributed by atoms with E-state index in [1.807, 2.05) is 20.0 Å². The number of rotatable bonds is 7. The Hall–Kier alpha value is -3.13. The Kier molecular flexibility index (Phi) is 8.69. The molecule has 8 heteroatoms. The predicted molar refractivity (Wildman–Crippen MR) is 141 cm³/mol. The first-order valence-electron chi connectivity index (χ1n) is 13.3. The molecule has 1 aliphatic heterocycles. The lowest BCUT2D eigenvalue weighted by Gasteiger charge is -2.39. The van der Waals surface area contributed by atoms with Gasteiger partial charge in [-0.2, -0.15) is 0 Å². The highest BCUT2D eigenvalue weighted by molar-refractivity contribution is 5.94. The van der Waals surface area contributed by atoms with Crippen LogP contribution < -0.4 is 9.64 Å². The molecule has 0 radical (unpaired) electrons. The number of nitrogens with zero attached hydrogens (tertiary/aromatic N) is 3. The third kappa shape index (κ3) is 6.60. The van der Waals surface area contributed by atoms with Crippen molar-refractivity contribution in [2.24, 2.45) is 5.92 Å². The number of benzene rings is 2. The number of carbonyl (C=O) groups excluding carboxylic acids is 1. The molecule has 2 aromatic carbocycles. The fourth-order valence-corrected chi connectivity index (χ4v) is 5.51. The zero-order chi connectivity index (χ0) is 26.5. The summed E-state index contributed by atoms with van der Waals surface area (Å²) >= 11 is 0. The minimum absolute atomic E-state index is 0.0192. The normalized spacial score (nSPS) is 22.5. The number of amides is 2. The van der Waals surface area contributed by atoms with E-state index in [9.17, 15) is 19.1 Å². The van der Waals surface area contributed by atoms with E-state index >= 15 is 0 Å². The molecule has 0 bridgehead atoms. The van der Waals surface area contributed by atoms with E-state index in [0.29, 0.717) is 12.3 Å². The molecule has 0 aromatic heterocycles. The van der Waals surface area contributed by atoms with Crippen molar-refractivity contribution in [3.63, 3.8) is 0 Å². The Morgan fingerprint density at radius 3 is 2.41 bits per heavy atom. The highest BCUT2D eigenvalue weighted by atomic mass is 19.1. The summed E-state index contributed by atoms with van der Waals surface area (Å²) in [6.07, 6.45) is 3.15. The molecule has 1 heterocycles. The SMILES string of the molecule is CC[C@H]1CN(Cc2ccc(N(C)C(=O)C3CCC(Oc4ccc(F)cc4)CC3)cc2C)CCN1C(=O)O. The summed E-state index contributed by atoms with van der Waals surface area (Å²) in [6.45, 7) is 6.85. The molecule has 1 saturated heterocycles. The summed E-state index contributed by atoms with van der Waals surface area (Å²) in [7, 11) is 1.84. The lowest BCUT2D eigenvalue weighted by molar-refractivity contribution is -0.123. The molecule has 2 fully saturated rings. The maximum Gasteiger partial charge on any atom is 0.407 e. The first-order valence-corrected chi connectivity index (χ1v) is 13.3. The van der Waals surface area contributed by atoms with Gasteiger partial charge in [0.1, 0.15) is 11.6 Å². The van der Waals surface area contributed by atoms with E-state index in [1.54, 1.807) is 21.9 Å². The van der Waals surface area contributed by atoms with E-state index in [4.69, 9.17) is 4.74 Å². The largest absolute Gasteiger partial charge is 0.490 e. The number of halogens is 1. The maximum atomic E-state index is 13.3. The Morgan fingerprint density at radius 1 is 1.08 bits per heavy atom. The highest BCUT2D eigenvalue weighted by Gasteiger charge is 2.31. The lowest BCUT2D eigenvalue weighted by Crippen LogP contribution is -2.54. The minimum atomic E-state index is -0.839. The average molecular weight is 512 g/mol. The van der Waals surface area contributed by atoms with Crippen LogP contribution in [-0.4, -0.2) is 65.7 Å². The zero-order valence-electron chi connectivity index (χ0n) is 22.0. The van der Waals surface area contributed by atoms with Gasteiger partial charge in [-0.1, -0.05) is 13.0 Å². The molecular weight excluding hydrogens is 473 g/mol. The van der Waals surface area contributed by atoms with Gasteiger partial charge in [0.05, 0.1) is 6.10 Å². The summed E-state index contributed by atoms with van der Waals surface area (Å²) in [5, 5.41) is 9.42. The topological polar surface area (TPSA) is 73.3 Å². The van der Waals surface area contributed by atoms with Gasteiger partial charge in [0.25, 0.3) is 0 Å². The van der Waals surface area contributed by atoms with Crippen LogP contribution in [-0.2, 0) is 11.3 Å². The molecule has 1 aliphatic carbocycles. The number of piperazine rings is 1. The van der Waals surface area contributed by atoms with Crippen molar-refractivity contribution >= 4 is 17.7 Å². The molecule has 1 N–H and O–H groups in total. The van der Waals surface area contributed by atoms with Gasteiger partial charge in [-0.05, 0) is 86.6 Å². The minimum Gasteiger partial charge on any atom is -0.490 e. The Labute approximate surface area is 218 Å². The summed E-state index contributed by atoms with van der Waals surface area (Å²) in [4.78, 5) is 30.4. The van der Waals surface area contributed by atoms with Crippen LogP contribution in [0.25, 0.3) is 0 Å². The molecule has 2 amide bonds. The third-order valence-electron chi connectivity index (χ3n) is 7.86. The van der Waals surface area contributed by atoms with Crippen LogP contribution in [0.1, 0.15) is 50.2 Å². The van der Waals surface area contributed by atoms with Crippen LogP contribution in [0.4, 0.5) is 14.9 Å². The van der Waals surface area contributed by atoms with Crippen LogP contribution in [0.15, 0.2) is 42.5 Å². The lowest BCUT2D eigenvalue weighted by atomic mass is 9.86. The highest BCUT2D eigenvalue weighted by Crippen LogP contribution is 2.31. The van der Waals surface area contributed by atoms with Gasteiger partial charge >= 0.3 is 6.09 Å². The van der Waals surface area contributed by atoms with Gasteiger partial charge in [0, 0.05) is 50.9 Å². The monoisotopic (exact) mass is 511 g/mol. The number of anilines is 1. The molecule has 4 rings (SSSR count). The Balaban J connectivity index is 1.30. The van der Waals surface area contributed by atoms with E-state index in [2.05, 4.69) is 24.0 Å². The molecule has 7 nitrogen and oxygen atoms in total. The first-order chi connectivity index (χ1) is 17.7. The number of hydrogen-bond donors (Lipinski definition) is 1. The van der Waals surface area contributed by atoms with Crippen LogP contribution >= 0.6 is 0 Å². The van der Waals surface area contributed by atoms with Crippen molar-refractivity contribution in [1.29, 1.82) is 0 Å². The van der Waals surface area contributed by atoms with Gasteiger partial charge in [-0.15, -0.1) is 0 Å². The van der Waals surface area contributed by atoms with Crippen molar-refractivity contribution < 1.29 is 23.8 Å². The van der Waals surface area contributed by atoms with E-state index < -0.39 is 6.09 Å². The molecule has 2 aliphatic rings. The zero-order valence-corrected chi connectivity index (χ0v) is 22.0. The molecule has 2 aromatic rings. The van der Waals surface area contributed by atoms with Crippen molar-refractivity contribution in [2.75, 3.05) is 31.6 Å². The fraction of sp³-hybridized carbons (Fsp3) is 0.517. The molecule has 0 unspecified atom stereocenters. The molecular formula is C29H38FN3O4. The van der Waals surface area contributed by atoms with Gasteiger partial charge in [0.2, 0.25) is 5.91 Å². The van der Waals surface area contributed by atoms with Crippen LogP contribution in [0.5, 0.6) is 5.75 Å². The van der Waals surface area contributed by atoms with E-state index in [-0.39, 0.29) is 29.8 Å². The molecule has 37 heavy (non-hydrogen) atoms. The van der Waals surface area contributed by atoms with Crippen LogP contribution in [0.2, 0.25) is 0 Å². The standard InChI is InChI=1S/C29H38FN3O4/c1-4-24-19-32(15-16-33(24)29(35)36)18-22-5-10-25(17-20(22)2)31(3)28(34)21-6-11-26(12-7-21)37-27-13-8-23(30)9-14-27/h5,8-10,13-14,17,21,24,26H,4,6-7,11-12,15-16,18-19H2,1-3H3,(H,35,36)/t21?,24-,26?/m0/s1. The quantitative estimate of drug-likeness (QED) is 0.546. The van der Waals surface area contributed by atoms with Gasteiger partial charge in [-0.25, -0.2) is 9.18 Å². The predicted octanol–water partition coefficient (Wildman–Crippen LogP) is 5.31. The molecule has 1 saturated carbocycles. The van der Waals surface area contributed by atoms with Gasteiger partial charge in [-0.3, -0.25) is 9.69 Å².